The van der Waals surface area contributed by atoms with Crippen LogP contribution in [0.15, 0.2) is 40.9 Å². The molecule has 0 amide bonds. The highest BCUT2D eigenvalue weighted by Crippen LogP contribution is 2.43. The molecule has 1 aliphatic rings. The lowest BCUT2D eigenvalue weighted by molar-refractivity contribution is 0.303. The van der Waals surface area contributed by atoms with Crippen LogP contribution in [0.1, 0.15) is 35.4 Å². The SMILES string of the molecule is CNc1cccc(C2CC2)c1COc1ccc(Br)cc1C. The van der Waals surface area contributed by atoms with E-state index in [0.29, 0.717) is 6.61 Å². The van der Waals surface area contributed by atoms with Gasteiger partial charge in [-0.15, -0.1) is 0 Å². The normalized spacial score (nSPS) is 14.0. The molecule has 0 heterocycles. The first-order valence-electron chi connectivity index (χ1n) is 7.37. The van der Waals surface area contributed by atoms with Gasteiger partial charge in [-0.3, -0.25) is 0 Å². The fourth-order valence-corrected chi connectivity index (χ4v) is 3.18. The Bertz CT molecular complexity index is 650. The maximum Gasteiger partial charge on any atom is 0.122 e. The molecule has 1 saturated carbocycles. The lowest BCUT2D eigenvalue weighted by atomic mass is 10.0. The van der Waals surface area contributed by atoms with Gasteiger partial charge in [-0.2, -0.15) is 0 Å². The van der Waals surface area contributed by atoms with Gasteiger partial charge in [0.2, 0.25) is 0 Å². The van der Waals surface area contributed by atoms with Crippen molar-refractivity contribution in [3.05, 3.63) is 57.6 Å². The smallest absolute Gasteiger partial charge is 0.122 e. The molecule has 1 fully saturated rings. The Hall–Kier alpha value is -1.48. The van der Waals surface area contributed by atoms with Gasteiger partial charge in [0, 0.05) is 22.8 Å². The van der Waals surface area contributed by atoms with Crippen LogP contribution in [0.2, 0.25) is 0 Å². The molecule has 0 saturated heterocycles. The molecule has 0 aromatic heterocycles. The average molecular weight is 346 g/mol. The Morgan fingerprint density at radius 2 is 2.05 bits per heavy atom. The maximum absolute atomic E-state index is 6.08. The van der Waals surface area contributed by atoms with Crippen molar-refractivity contribution in [1.82, 2.24) is 0 Å². The number of hydrogen-bond acceptors (Lipinski definition) is 2. The number of hydrogen-bond donors (Lipinski definition) is 1. The second kappa shape index (κ2) is 6.10. The van der Waals surface area contributed by atoms with Gasteiger partial charge in [-0.05, 0) is 61.1 Å². The lowest BCUT2D eigenvalue weighted by Gasteiger charge is -2.16. The van der Waals surface area contributed by atoms with Crippen molar-refractivity contribution in [3.8, 4) is 5.75 Å². The molecule has 0 radical (unpaired) electrons. The fraction of sp³-hybridized carbons (Fsp3) is 0.333. The highest BCUT2D eigenvalue weighted by molar-refractivity contribution is 9.10. The van der Waals surface area contributed by atoms with Crippen LogP contribution in [0, 0.1) is 6.92 Å². The van der Waals surface area contributed by atoms with Crippen molar-refractivity contribution in [2.24, 2.45) is 0 Å². The van der Waals surface area contributed by atoms with Crippen molar-refractivity contribution in [1.29, 1.82) is 0 Å². The molecule has 0 aliphatic heterocycles. The third kappa shape index (κ3) is 3.24. The van der Waals surface area contributed by atoms with Crippen LogP contribution < -0.4 is 10.1 Å². The molecule has 0 bridgehead atoms. The number of anilines is 1. The number of nitrogens with one attached hydrogen (secondary N) is 1. The van der Waals surface area contributed by atoms with E-state index in [0.717, 1.165) is 21.7 Å². The van der Waals surface area contributed by atoms with E-state index in [2.05, 4.69) is 52.4 Å². The largest absolute Gasteiger partial charge is 0.489 e. The highest BCUT2D eigenvalue weighted by Gasteiger charge is 2.27. The first kappa shape index (κ1) is 14.5. The van der Waals surface area contributed by atoms with Gasteiger partial charge >= 0.3 is 0 Å². The molecule has 1 N–H and O–H groups in total. The Morgan fingerprint density at radius 3 is 2.71 bits per heavy atom. The zero-order chi connectivity index (χ0) is 14.8. The summed E-state index contributed by atoms with van der Waals surface area (Å²) in [7, 11) is 1.97. The Morgan fingerprint density at radius 1 is 1.24 bits per heavy atom. The van der Waals surface area contributed by atoms with Crippen LogP contribution in [-0.2, 0) is 6.61 Å². The zero-order valence-electron chi connectivity index (χ0n) is 12.4. The van der Waals surface area contributed by atoms with Crippen molar-refractivity contribution in [3.63, 3.8) is 0 Å². The molecule has 3 heteroatoms. The minimum atomic E-state index is 0.616. The quantitative estimate of drug-likeness (QED) is 0.798. The van der Waals surface area contributed by atoms with E-state index in [1.807, 2.05) is 19.2 Å². The molecule has 21 heavy (non-hydrogen) atoms. The number of ether oxygens (including phenoxy) is 1. The van der Waals surface area contributed by atoms with Crippen LogP contribution in [0.25, 0.3) is 0 Å². The van der Waals surface area contributed by atoms with Crippen LogP contribution in [0.5, 0.6) is 5.75 Å². The van der Waals surface area contributed by atoms with E-state index >= 15 is 0 Å². The molecule has 2 aromatic carbocycles. The van der Waals surface area contributed by atoms with Crippen LogP contribution >= 0.6 is 15.9 Å². The van der Waals surface area contributed by atoms with E-state index < -0.39 is 0 Å². The predicted octanol–water partition coefficient (Wildman–Crippen LogP) is 5.26. The van der Waals surface area contributed by atoms with Crippen LogP contribution in [-0.4, -0.2) is 7.05 Å². The highest BCUT2D eigenvalue weighted by atomic mass is 79.9. The lowest BCUT2D eigenvalue weighted by Crippen LogP contribution is -2.05. The third-order valence-electron chi connectivity index (χ3n) is 4.01. The summed E-state index contributed by atoms with van der Waals surface area (Å²) in [5, 5.41) is 3.29. The van der Waals surface area contributed by atoms with Gasteiger partial charge in [-0.1, -0.05) is 28.1 Å². The fourth-order valence-electron chi connectivity index (χ4n) is 2.70. The molecule has 0 atom stereocenters. The van der Waals surface area contributed by atoms with Gasteiger partial charge in [0.1, 0.15) is 12.4 Å². The van der Waals surface area contributed by atoms with Gasteiger partial charge < -0.3 is 10.1 Å². The second-order valence-electron chi connectivity index (χ2n) is 5.60. The van der Waals surface area contributed by atoms with Gasteiger partial charge in [-0.25, -0.2) is 0 Å². The second-order valence-corrected chi connectivity index (χ2v) is 6.51. The Kier molecular flexibility index (Phi) is 4.20. The van der Waals surface area contributed by atoms with E-state index in [-0.39, 0.29) is 0 Å². The van der Waals surface area contributed by atoms with Gasteiger partial charge in [0.25, 0.3) is 0 Å². The first-order valence-corrected chi connectivity index (χ1v) is 8.17. The number of halogens is 1. The molecule has 2 nitrogen and oxygen atoms in total. The molecule has 0 spiro atoms. The molecule has 3 rings (SSSR count). The van der Waals surface area contributed by atoms with Gasteiger partial charge in [0.15, 0.2) is 0 Å². The number of benzene rings is 2. The van der Waals surface area contributed by atoms with Crippen molar-refractivity contribution in [2.75, 3.05) is 12.4 Å². The summed E-state index contributed by atoms with van der Waals surface area (Å²) in [6.45, 7) is 2.69. The zero-order valence-corrected chi connectivity index (χ0v) is 14.0. The molecule has 0 unspecified atom stereocenters. The third-order valence-corrected chi connectivity index (χ3v) is 4.50. The summed E-state index contributed by atoms with van der Waals surface area (Å²) >= 11 is 3.49. The standard InChI is InChI=1S/C18H20BrNO/c1-12-10-14(19)8-9-18(12)21-11-16-15(13-6-7-13)4-3-5-17(16)20-2/h3-5,8-10,13,20H,6-7,11H2,1-2H3. The van der Waals surface area contributed by atoms with Crippen molar-refractivity contribution in [2.45, 2.75) is 32.3 Å². The van der Waals surface area contributed by atoms with Crippen molar-refractivity contribution >= 4 is 21.6 Å². The average Bonchev–Trinajstić information content (AvgIpc) is 3.30. The topological polar surface area (TPSA) is 21.3 Å². The number of rotatable bonds is 5. The molecular formula is C18H20BrNO. The van der Waals surface area contributed by atoms with Gasteiger partial charge in [0.05, 0.1) is 0 Å². The van der Waals surface area contributed by atoms with Crippen LogP contribution in [0.3, 0.4) is 0 Å². The monoisotopic (exact) mass is 345 g/mol. The predicted molar refractivity (Wildman–Crippen MR) is 91.2 cm³/mol. The Labute approximate surface area is 134 Å². The molecule has 2 aromatic rings. The molecule has 110 valence electrons. The van der Waals surface area contributed by atoms with E-state index in [1.165, 1.54) is 29.7 Å². The summed E-state index contributed by atoms with van der Waals surface area (Å²) in [5.41, 5.74) is 5.06. The summed E-state index contributed by atoms with van der Waals surface area (Å²) in [6, 6.07) is 12.6. The summed E-state index contributed by atoms with van der Waals surface area (Å²) in [6.07, 6.45) is 2.61. The van der Waals surface area contributed by atoms with Crippen LogP contribution in [0.4, 0.5) is 5.69 Å². The summed E-state index contributed by atoms with van der Waals surface area (Å²) < 4.78 is 7.16. The van der Waals surface area contributed by atoms with E-state index in [9.17, 15) is 0 Å². The molecular weight excluding hydrogens is 326 g/mol. The Balaban J connectivity index is 1.84. The maximum atomic E-state index is 6.08. The summed E-state index contributed by atoms with van der Waals surface area (Å²) in [5.74, 6) is 1.67. The van der Waals surface area contributed by atoms with E-state index in [1.54, 1.807) is 0 Å². The minimum Gasteiger partial charge on any atom is -0.489 e. The van der Waals surface area contributed by atoms with Crippen molar-refractivity contribution < 1.29 is 4.74 Å². The minimum absolute atomic E-state index is 0.616. The first-order chi connectivity index (χ1) is 10.2. The summed E-state index contributed by atoms with van der Waals surface area (Å²) in [4.78, 5) is 0. The van der Waals surface area contributed by atoms with E-state index in [4.69, 9.17) is 4.74 Å². The number of aryl methyl sites for hydroxylation is 1. The molecule has 1 aliphatic carbocycles.